The predicted molar refractivity (Wildman–Crippen MR) is 93.0 cm³/mol. The van der Waals surface area contributed by atoms with Gasteiger partial charge in [0.05, 0.1) is 11.1 Å². The molecule has 0 spiro atoms. The Hall–Kier alpha value is -3.49. The van der Waals surface area contributed by atoms with Crippen molar-refractivity contribution in [1.82, 2.24) is 15.0 Å². The third-order valence-electron chi connectivity index (χ3n) is 3.56. The summed E-state index contributed by atoms with van der Waals surface area (Å²) in [5.41, 5.74) is 0.309. The Labute approximate surface area is 152 Å². The van der Waals surface area contributed by atoms with Gasteiger partial charge in [0, 0.05) is 37.0 Å². The minimum absolute atomic E-state index is 0.0368. The summed E-state index contributed by atoms with van der Waals surface area (Å²) in [6, 6.07) is 8.07. The Kier molecular flexibility index (Phi) is 5.30. The number of rotatable bonds is 5. The Morgan fingerprint density at radius 2 is 1.74 bits per heavy atom. The first-order valence-corrected chi connectivity index (χ1v) is 7.85. The van der Waals surface area contributed by atoms with Gasteiger partial charge >= 0.3 is 6.18 Å². The number of hydrogen-bond acceptors (Lipinski definition) is 5. The number of carbonyl (C=O) groups excluding carboxylic acids is 1. The molecule has 3 aromatic rings. The number of pyridine rings is 1. The van der Waals surface area contributed by atoms with Gasteiger partial charge in [0.2, 0.25) is 5.95 Å². The second-order valence-electron chi connectivity index (χ2n) is 5.54. The van der Waals surface area contributed by atoms with E-state index in [1.165, 1.54) is 24.5 Å². The van der Waals surface area contributed by atoms with Crippen molar-refractivity contribution in [2.45, 2.75) is 12.7 Å². The number of anilines is 2. The van der Waals surface area contributed by atoms with Crippen LogP contribution in [0.4, 0.5) is 24.8 Å². The average molecular weight is 373 g/mol. The van der Waals surface area contributed by atoms with E-state index >= 15 is 0 Å². The van der Waals surface area contributed by atoms with E-state index in [1.807, 2.05) is 12.1 Å². The maximum absolute atomic E-state index is 12.7. The van der Waals surface area contributed by atoms with Crippen LogP contribution >= 0.6 is 0 Å². The van der Waals surface area contributed by atoms with Gasteiger partial charge < -0.3 is 10.6 Å². The number of nitrogens with zero attached hydrogens (tertiary/aromatic N) is 3. The van der Waals surface area contributed by atoms with E-state index in [9.17, 15) is 18.0 Å². The van der Waals surface area contributed by atoms with E-state index in [0.29, 0.717) is 12.5 Å². The molecule has 0 atom stereocenters. The number of benzene rings is 1. The molecule has 2 N–H and O–H groups in total. The maximum Gasteiger partial charge on any atom is 0.416 e. The van der Waals surface area contributed by atoms with Gasteiger partial charge in [-0.25, -0.2) is 9.97 Å². The van der Waals surface area contributed by atoms with Crippen LogP contribution in [0.1, 0.15) is 21.5 Å². The molecule has 0 radical (unpaired) electrons. The first-order chi connectivity index (χ1) is 12.9. The highest BCUT2D eigenvalue weighted by Crippen LogP contribution is 2.30. The molecule has 27 heavy (non-hydrogen) atoms. The Balaban J connectivity index is 1.62. The second kappa shape index (κ2) is 7.81. The SMILES string of the molecule is O=C(Nc1cccc(C(F)(F)F)c1)c1cnc(NCc2ccncc2)nc1. The molecule has 0 aliphatic heterocycles. The van der Waals surface area contributed by atoms with Crippen LogP contribution in [0.15, 0.2) is 61.2 Å². The van der Waals surface area contributed by atoms with Gasteiger partial charge in [-0.1, -0.05) is 6.07 Å². The molecule has 2 aromatic heterocycles. The quantitative estimate of drug-likeness (QED) is 0.712. The van der Waals surface area contributed by atoms with Crippen LogP contribution in [0.5, 0.6) is 0 Å². The third-order valence-corrected chi connectivity index (χ3v) is 3.56. The molecule has 0 saturated carbocycles. The van der Waals surface area contributed by atoms with Crippen LogP contribution in [0.25, 0.3) is 0 Å². The van der Waals surface area contributed by atoms with E-state index < -0.39 is 17.6 Å². The highest BCUT2D eigenvalue weighted by molar-refractivity contribution is 6.03. The van der Waals surface area contributed by atoms with Gasteiger partial charge in [-0.2, -0.15) is 13.2 Å². The number of halogens is 3. The van der Waals surface area contributed by atoms with Crippen LogP contribution in [-0.4, -0.2) is 20.9 Å². The summed E-state index contributed by atoms with van der Waals surface area (Å²) in [6.45, 7) is 0.484. The van der Waals surface area contributed by atoms with Crippen molar-refractivity contribution in [1.29, 1.82) is 0 Å². The van der Waals surface area contributed by atoms with Gasteiger partial charge in [-0.3, -0.25) is 9.78 Å². The molecule has 1 aromatic carbocycles. The molecule has 0 bridgehead atoms. The molecular formula is C18H14F3N5O. The number of aromatic nitrogens is 3. The fourth-order valence-electron chi connectivity index (χ4n) is 2.19. The Morgan fingerprint density at radius 1 is 1.04 bits per heavy atom. The lowest BCUT2D eigenvalue weighted by atomic mass is 10.2. The van der Waals surface area contributed by atoms with Crippen LogP contribution < -0.4 is 10.6 Å². The van der Waals surface area contributed by atoms with Crippen molar-refractivity contribution in [3.63, 3.8) is 0 Å². The van der Waals surface area contributed by atoms with E-state index in [-0.39, 0.29) is 11.3 Å². The van der Waals surface area contributed by atoms with Gasteiger partial charge in [-0.05, 0) is 35.9 Å². The standard InChI is InChI=1S/C18H14F3N5O/c19-18(20,21)14-2-1-3-15(8-14)26-16(27)13-10-24-17(25-11-13)23-9-12-4-6-22-7-5-12/h1-8,10-11H,9H2,(H,26,27)(H,23,24,25). The van der Waals surface area contributed by atoms with Crippen molar-refractivity contribution in [2.24, 2.45) is 0 Å². The number of amides is 1. The average Bonchev–Trinajstić information content (AvgIpc) is 2.67. The molecule has 0 aliphatic rings. The van der Waals surface area contributed by atoms with Crippen molar-refractivity contribution in [3.8, 4) is 0 Å². The number of alkyl halides is 3. The molecule has 1 amide bonds. The first-order valence-electron chi connectivity index (χ1n) is 7.85. The molecule has 0 aliphatic carbocycles. The predicted octanol–water partition coefficient (Wildman–Crippen LogP) is 3.75. The molecule has 0 fully saturated rings. The minimum atomic E-state index is -4.48. The normalized spacial score (nSPS) is 11.1. The fraction of sp³-hybridized carbons (Fsp3) is 0.111. The number of carbonyl (C=O) groups is 1. The van der Waals surface area contributed by atoms with Crippen molar-refractivity contribution < 1.29 is 18.0 Å². The lowest BCUT2D eigenvalue weighted by molar-refractivity contribution is -0.137. The molecule has 3 rings (SSSR count). The highest BCUT2D eigenvalue weighted by atomic mass is 19.4. The summed E-state index contributed by atoms with van der Waals surface area (Å²) in [7, 11) is 0. The fourth-order valence-corrected chi connectivity index (χ4v) is 2.19. The maximum atomic E-state index is 12.7. The molecule has 9 heteroatoms. The monoisotopic (exact) mass is 373 g/mol. The number of nitrogens with one attached hydrogen (secondary N) is 2. The summed E-state index contributed by atoms with van der Waals surface area (Å²) < 4.78 is 38.2. The second-order valence-corrected chi connectivity index (χ2v) is 5.54. The topological polar surface area (TPSA) is 79.8 Å². The zero-order valence-electron chi connectivity index (χ0n) is 13.9. The lowest BCUT2D eigenvalue weighted by Crippen LogP contribution is -2.14. The van der Waals surface area contributed by atoms with Crippen molar-refractivity contribution in [3.05, 3.63) is 77.9 Å². The van der Waals surface area contributed by atoms with E-state index in [1.54, 1.807) is 12.4 Å². The molecular weight excluding hydrogens is 359 g/mol. The van der Waals surface area contributed by atoms with E-state index in [0.717, 1.165) is 17.7 Å². The summed E-state index contributed by atoms with van der Waals surface area (Å²) in [4.78, 5) is 24.2. The summed E-state index contributed by atoms with van der Waals surface area (Å²) >= 11 is 0. The smallest absolute Gasteiger partial charge is 0.350 e. The molecule has 0 unspecified atom stereocenters. The zero-order chi connectivity index (χ0) is 19.3. The molecule has 0 saturated heterocycles. The Bertz CT molecular complexity index is 914. The molecule has 6 nitrogen and oxygen atoms in total. The van der Waals surface area contributed by atoms with E-state index in [4.69, 9.17) is 0 Å². The Morgan fingerprint density at radius 3 is 2.41 bits per heavy atom. The third kappa shape index (κ3) is 5.00. The van der Waals surface area contributed by atoms with Crippen molar-refractivity contribution in [2.75, 3.05) is 10.6 Å². The van der Waals surface area contributed by atoms with Crippen LogP contribution in [0, 0.1) is 0 Å². The zero-order valence-corrected chi connectivity index (χ0v) is 13.9. The van der Waals surface area contributed by atoms with Crippen LogP contribution in [0.2, 0.25) is 0 Å². The van der Waals surface area contributed by atoms with Crippen molar-refractivity contribution >= 4 is 17.5 Å². The summed E-state index contributed by atoms with van der Waals surface area (Å²) in [6.07, 6.45) is 1.44. The summed E-state index contributed by atoms with van der Waals surface area (Å²) in [5, 5.41) is 5.40. The van der Waals surface area contributed by atoms with E-state index in [2.05, 4.69) is 25.6 Å². The van der Waals surface area contributed by atoms with Gasteiger partial charge in [-0.15, -0.1) is 0 Å². The molecule has 138 valence electrons. The molecule has 2 heterocycles. The highest BCUT2D eigenvalue weighted by Gasteiger charge is 2.30. The van der Waals surface area contributed by atoms with Crippen LogP contribution in [0.3, 0.4) is 0 Å². The largest absolute Gasteiger partial charge is 0.416 e. The van der Waals surface area contributed by atoms with Crippen LogP contribution in [-0.2, 0) is 12.7 Å². The van der Waals surface area contributed by atoms with Gasteiger partial charge in [0.15, 0.2) is 0 Å². The summed E-state index contributed by atoms with van der Waals surface area (Å²) in [5.74, 6) is -0.280. The lowest BCUT2D eigenvalue weighted by Gasteiger charge is -2.10. The first kappa shape index (κ1) is 18.3. The van der Waals surface area contributed by atoms with Gasteiger partial charge in [0.1, 0.15) is 0 Å². The van der Waals surface area contributed by atoms with Gasteiger partial charge in [0.25, 0.3) is 5.91 Å². The number of hydrogen-bond donors (Lipinski definition) is 2. The minimum Gasteiger partial charge on any atom is -0.350 e.